The first-order chi connectivity index (χ1) is 19.2. The van der Waals surface area contributed by atoms with Gasteiger partial charge in [0.2, 0.25) is 5.82 Å². The summed E-state index contributed by atoms with van der Waals surface area (Å²) in [7, 11) is 3.04. The number of imidazole rings is 2. The molecule has 0 aromatic carbocycles. The molecule has 0 atom stereocenters. The number of aromatic nitrogens is 4. The quantitative estimate of drug-likeness (QED) is 0.251. The van der Waals surface area contributed by atoms with Gasteiger partial charge in [-0.05, 0) is 55.5 Å². The van der Waals surface area contributed by atoms with Gasteiger partial charge in [0.05, 0.1) is 6.61 Å². The first-order valence-corrected chi connectivity index (χ1v) is 13.1. The molecule has 2 aromatic rings. The number of hydrogen-bond donors (Lipinski definition) is 4. The topological polar surface area (TPSA) is 194 Å². The number of nitrogens with zero attached hydrogens (tertiary/aromatic N) is 4. The average Bonchev–Trinajstić information content (AvgIpc) is 3.53. The van der Waals surface area contributed by atoms with Gasteiger partial charge in [0.1, 0.15) is 11.2 Å². The minimum atomic E-state index is -0.533. The highest BCUT2D eigenvalue weighted by atomic mass is 16.6. The minimum absolute atomic E-state index is 0.220. The number of alkyl carbamates (subject to hydrolysis) is 2. The number of rotatable bonds is 9. The van der Waals surface area contributed by atoms with E-state index in [1.165, 1.54) is 19.4 Å². The Bertz CT molecular complexity index is 1080. The molecule has 2 rings (SSSR count). The van der Waals surface area contributed by atoms with Crippen molar-refractivity contribution in [1.82, 2.24) is 35.1 Å². The third-order valence-corrected chi connectivity index (χ3v) is 4.36. The summed E-state index contributed by atoms with van der Waals surface area (Å²) in [5.41, 5.74) is 3.45. The molecule has 2 heterocycles. The average molecular weight is 583 g/mol. The SMILES string of the molecule is CCOC(=O)c1nccn1CCNC(=O)OC(C)(C)C.CN.CNC(=O)c1nccn1CCNC(=O)OC(C)(C)C. The number of hydrogen-bond acceptors (Lipinski definition) is 10. The smallest absolute Gasteiger partial charge is 0.407 e. The predicted octanol–water partition coefficient (Wildman–Crippen LogP) is 1.93. The number of nitrogens with two attached hydrogens (primary N) is 1. The predicted molar refractivity (Wildman–Crippen MR) is 152 cm³/mol. The van der Waals surface area contributed by atoms with Gasteiger partial charge in [-0.15, -0.1) is 0 Å². The molecule has 0 bridgehead atoms. The molecule has 0 saturated heterocycles. The molecule has 0 aliphatic heterocycles. The fraction of sp³-hybridized carbons (Fsp3) is 0.615. The first-order valence-electron chi connectivity index (χ1n) is 13.1. The van der Waals surface area contributed by atoms with Crippen molar-refractivity contribution < 1.29 is 33.4 Å². The molecule has 15 nitrogen and oxygen atoms in total. The molecular weight excluding hydrogens is 536 g/mol. The van der Waals surface area contributed by atoms with Crippen molar-refractivity contribution in [3.05, 3.63) is 36.4 Å². The summed E-state index contributed by atoms with van der Waals surface area (Å²) in [6, 6.07) is 0. The molecule has 0 aliphatic carbocycles. The molecular formula is C26H46N8O7. The van der Waals surface area contributed by atoms with E-state index in [9.17, 15) is 19.2 Å². The van der Waals surface area contributed by atoms with E-state index < -0.39 is 29.4 Å². The van der Waals surface area contributed by atoms with Crippen LogP contribution in [0.1, 0.15) is 69.7 Å². The van der Waals surface area contributed by atoms with E-state index in [0.29, 0.717) is 38.6 Å². The third-order valence-electron chi connectivity index (χ3n) is 4.36. The Kier molecular flexibility index (Phi) is 16.4. The van der Waals surface area contributed by atoms with Gasteiger partial charge in [-0.1, -0.05) is 0 Å². The highest BCUT2D eigenvalue weighted by molar-refractivity contribution is 5.90. The Morgan fingerprint density at radius 2 is 1.22 bits per heavy atom. The van der Waals surface area contributed by atoms with Crippen molar-refractivity contribution in [2.45, 2.75) is 72.8 Å². The van der Waals surface area contributed by atoms with Crippen LogP contribution in [0.3, 0.4) is 0 Å². The van der Waals surface area contributed by atoms with E-state index in [4.69, 9.17) is 14.2 Å². The molecule has 2 aromatic heterocycles. The van der Waals surface area contributed by atoms with Crippen LogP contribution in [0.5, 0.6) is 0 Å². The van der Waals surface area contributed by atoms with Crippen LogP contribution in [-0.4, -0.2) is 88.2 Å². The second-order valence-corrected chi connectivity index (χ2v) is 10.0. The van der Waals surface area contributed by atoms with Crippen LogP contribution in [0.25, 0.3) is 0 Å². The van der Waals surface area contributed by atoms with Crippen molar-refractivity contribution in [3.63, 3.8) is 0 Å². The lowest BCUT2D eigenvalue weighted by atomic mass is 10.2. The van der Waals surface area contributed by atoms with E-state index in [1.807, 2.05) is 0 Å². The van der Waals surface area contributed by atoms with Crippen molar-refractivity contribution >= 4 is 24.1 Å². The fourth-order valence-corrected chi connectivity index (χ4v) is 2.87. The van der Waals surface area contributed by atoms with Crippen LogP contribution in [0.15, 0.2) is 24.8 Å². The molecule has 5 N–H and O–H groups in total. The second-order valence-electron chi connectivity index (χ2n) is 10.0. The van der Waals surface area contributed by atoms with E-state index in [2.05, 4.69) is 31.7 Å². The summed E-state index contributed by atoms with van der Waals surface area (Å²) in [6.45, 7) is 14.3. The molecule has 0 unspecified atom stereocenters. The normalized spacial score (nSPS) is 10.6. The second kappa shape index (κ2) is 18.3. The molecule has 41 heavy (non-hydrogen) atoms. The van der Waals surface area contributed by atoms with Gasteiger partial charge in [0, 0.05) is 58.0 Å². The summed E-state index contributed by atoms with van der Waals surface area (Å²) in [6.07, 6.45) is 5.42. The molecule has 0 saturated carbocycles. The molecule has 0 radical (unpaired) electrons. The molecule has 0 aliphatic rings. The first kappa shape index (κ1) is 36.9. The molecule has 0 fully saturated rings. The maximum Gasteiger partial charge on any atom is 0.407 e. The van der Waals surface area contributed by atoms with Gasteiger partial charge in [-0.25, -0.2) is 24.4 Å². The van der Waals surface area contributed by atoms with E-state index >= 15 is 0 Å². The number of amides is 3. The standard InChI is InChI=1S/C13H21N3O4.C12H20N4O3.CH5N/c1-5-19-11(17)10-14-6-8-16(10)9-7-15-12(18)20-13(2,3)4;1-12(2,3)19-11(18)15-6-8-16-7-5-14-9(16)10(17)13-4;1-2/h6,8H,5,7,9H2,1-4H3,(H,15,18);5,7H,6,8H2,1-4H3,(H,13,17)(H,15,18);2H2,1H3. The van der Waals surface area contributed by atoms with Gasteiger partial charge in [-0.2, -0.15) is 0 Å². The largest absolute Gasteiger partial charge is 0.460 e. The fourth-order valence-electron chi connectivity index (χ4n) is 2.87. The zero-order chi connectivity index (χ0) is 31.6. The molecule has 15 heteroatoms. The maximum atomic E-state index is 11.6. The van der Waals surface area contributed by atoms with Gasteiger partial charge < -0.3 is 45.0 Å². The van der Waals surface area contributed by atoms with E-state index in [1.54, 1.807) is 77.0 Å². The number of esters is 1. The number of carbonyl (C=O) groups excluding carboxylic acids is 4. The molecule has 0 spiro atoms. The van der Waals surface area contributed by atoms with Crippen LogP contribution in [0.4, 0.5) is 9.59 Å². The van der Waals surface area contributed by atoms with Gasteiger partial charge in [0.25, 0.3) is 5.91 Å². The lowest BCUT2D eigenvalue weighted by molar-refractivity contribution is 0.0500. The summed E-state index contributed by atoms with van der Waals surface area (Å²) in [5.74, 6) is -0.205. The van der Waals surface area contributed by atoms with Crippen molar-refractivity contribution in [2.75, 3.05) is 33.8 Å². The lowest BCUT2D eigenvalue weighted by Crippen LogP contribution is -2.34. The third kappa shape index (κ3) is 15.9. The van der Waals surface area contributed by atoms with Gasteiger partial charge in [0.15, 0.2) is 5.82 Å². The van der Waals surface area contributed by atoms with Crippen LogP contribution >= 0.6 is 0 Å². The Hall–Kier alpha value is -4.14. The van der Waals surface area contributed by atoms with Crippen molar-refractivity contribution in [3.8, 4) is 0 Å². The zero-order valence-corrected chi connectivity index (χ0v) is 25.6. The Morgan fingerprint density at radius 1 is 0.805 bits per heavy atom. The highest BCUT2D eigenvalue weighted by Crippen LogP contribution is 2.07. The monoisotopic (exact) mass is 582 g/mol. The summed E-state index contributed by atoms with van der Waals surface area (Å²) in [5, 5.41) is 7.74. The Morgan fingerprint density at radius 3 is 1.61 bits per heavy atom. The minimum Gasteiger partial charge on any atom is -0.460 e. The van der Waals surface area contributed by atoms with Gasteiger partial charge in [-0.3, -0.25) is 4.79 Å². The zero-order valence-electron chi connectivity index (χ0n) is 25.6. The van der Waals surface area contributed by atoms with E-state index in [0.717, 1.165) is 0 Å². The lowest BCUT2D eigenvalue weighted by Gasteiger charge is -2.19. The van der Waals surface area contributed by atoms with Crippen LogP contribution in [0, 0.1) is 0 Å². The van der Waals surface area contributed by atoms with E-state index in [-0.39, 0.29) is 11.7 Å². The molecule has 232 valence electrons. The Labute approximate surface area is 241 Å². The Balaban J connectivity index is 0.000000737. The highest BCUT2D eigenvalue weighted by Gasteiger charge is 2.18. The van der Waals surface area contributed by atoms with Crippen LogP contribution in [0.2, 0.25) is 0 Å². The maximum absolute atomic E-state index is 11.6. The summed E-state index contributed by atoms with van der Waals surface area (Å²) < 4.78 is 18.4. The van der Waals surface area contributed by atoms with Gasteiger partial charge >= 0.3 is 18.2 Å². The van der Waals surface area contributed by atoms with Crippen molar-refractivity contribution in [1.29, 1.82) is 0 Å². The number of carbonyl (C=O) groups is 4. The van der Waals surface area contributed by atoms with Crippen LogP contribution in [-0.2, 0) is 27.3 Å². The van der Waals surface area contributed by atoms with Crippen molar-refractivity contribution in [2.24, 2.45) is 5.73 Å². The number of nitrogens with one attached hydrogen (secondary N) is 3. The summed E-state index contributed by atoms with van der Waals surface area (Å²) in [4.78, 5) is 53.8. The molecule has 3 amide bonds. The van der Waals surface area contributed by atoms with Crippen LogP contribution < -0.4 is 21.7 Å². The number of ether oxygens (including phenoxy) is 3. The summed E-state index contributed by atoms with van der Waals surface area (Å²) >= 11 is 0.